The number of benzene rings is 4. The lowest BCUT2D eigenvalue weighted by Crippen LogP contribution is -3.00. The van der Waals surface area contributed by atoms with Crippen LogP contribution in [0, 0.1) is 0 Å². The summed E-state index contributed by atoms with van der Waals surface area (Å²) in [5, 5.41) is 6.91. The van der Waals surface area contributed by atoms with E-state index in [0.717, 1.165) is 5.75 Å². The molecule has 0 aliphatic carbocycles. The third-order valence-corrected chi connectivity index (χ3v) is 10.1. The van der Waals surface area contributed by atoms with Gasteiger partial charge >= 0.3 is 0 Å². The van der Waals surface area contributed by atoms with Crippen LogP contribution in [0.1, 0.15) is 0 Å². The van der Waals surface area contributed by atoms with E-state index in [1.54, 1.807) is 7.11 Å². The fourth-order valence-corrected chi connectivity index (χ4v) is 8.25. The molecule has 0 saturated heterocycles. The molecule has 4 aromatic carbocycles. The first kappa shape index (κ1) is 24.4. The molecule has 158 valence electrons. The summed E-state index contributed by atoms with van der Waals surface area (Å²) in [5.41, 5.74) is 0. The van der Waals surface area contributed by atoms with Crippen LogP contribution in [-0.2, 0) is 0 Å². The molecule has 0 N–H and O–H groups in total. The van der Waals surface area contributed by atoms with E-state index < -0.39 is 7.26 Å². The zero-order valence-electron chi connectivity index (χ0n) is 16.6. The van der Waals surface area contributed by atoms with Crippen LogP contribution in [-0.4, -0.2) is 7.11 Å². The van der Waals surface area contributed by atoms with E-state index in [4.69, 9.17) is 39.5 Å². The second-order valence-corrected chi connectivity index (χ2v) is 11.5. The molecule has 0 aliphatic heterocycles. The van der Waals surface area contributed by atoms with Crippen LogP contribution in [0.25, 0.3) is 0 Å². The maximum atomic E-state index is 6.24. The lowest BCUT2D eigenvalue weighted by molar-refractivity contribution is -0.00000580. The highest BCUT2D eigenvalue weighted by atomic mass is 127. The van der Waals surface area contributed by atoms with Crippen molar-refractivity contribution in [1.29, 1.82) is 0 Å². The predicted molar refractivity (Wildman–Crippen MR) is 133 cm³/mol. The van der Waals surface area contributed by atoms with E-state index in [0.29, 0.717) is 15.1 Å². The van der Waals surface area contributed by atoms with Crippen molar-refractivity contribution in [2.45, 2.75) is 0 Å². The van der Waals surface area contributed by atoms with Gasteiger partial charge in [0.1, 0.15) is 34.2 Å². The molecule has 4 rings (SSSR count). The summed E-state index contributed by atoms with van der Waals surface area (Å²) >= 11 is 18.7. The normalized spacial score (nSPS) is 11.0. The number of hydrogen-bond donors (Lipinski definition) is 0. The second-order valence-electron chi connectivity index (χ2n) is 6.80. The highest BCUT2D eigenvalue weighted by Gasteiger charge is 2.47. The Morgan fingerprint density at radius 3 is 1.00 bits per heavy atom. The van der Waals surface area contributed by atoms with Gasteiger partial charge in [-0.1, -0.05) is 34.8 Å². The van der Waals surface area contributed by atoms with Gasteiger partial charge in [0.05, 0.1) is 7.11 Å². The molecule has 0 amide bonds. The first-order valence-electron chi connectivity index (χ1n) is 9.36. The summed E-state index contributed by atoms with van der Waals surface area (Å²) in [6.45, 7) is 0. The summed E-state index contributed by atoms with van der Waals surface area (Å²) in [7, 11) is -0.551. The van der Waals surface area contributed by atoms with Gasteiger partial charge in [0.25, 0.3) is 0 Å². The van der Waals surface area contributed by atoms with Gasteiger partial charge in [0, 0.05) is 15.1 Å². The summed E-state index contributed by atoms with van der Waals surface area (Å²) in [6.07, 6.45) is 0. The molecule has 0 saturated carbocycles. The number of hydrogen-bond acceptors (Lipinski definition) is 1. The number of methoxy groups -OCH3 is 1. The quantitative estimate of drug-likeness (QED) is 0.253. The highest BCUT2D eigenvalue weighted by Crippen LogP contribution is 2.54. The van der Waals surface area contributed by atoms with Gasteiger partial charge in [0.15, 0.2) is 0 Å². The van der Waals surface area contributed by atoms with Gasteiger partial charge in [-0.3, -0.25) is 0 Å². The Hall–Kier alpha value is -1.29. The third-order valence-electron chi connectivity index (χ3n) is 5.10. The molecule has 0 heterocycles. The zero-order chi connectivity index (χ0) is 21.1. The Balaban J connectivity index is 0.00000272. The summed E-state index contributed by atoms with van der Waals surface area (Å²) in [6, 6.07) is 32.7. The van der Waals surface area contributed by atoms with Gasteiger partial charge < -0.3 is 28.7 Å². The number of rotatable bonds is 5. The molecule has 0 fully saturated rings. The van der Waals surface area contributed by atoms with Crippen molar-refractivity contribution in [3.05, 3.63) is 112 Å². The van der Waals surface area contributed by atoms with Crippen molar-refractivity contribution < 1.29 is 28.7 Å². The molecule has 6 heteroatoms. The molecule has 1 nitrogen and oxygen atoms in total. The minimum atomic E-state index is -2.23. The highest BCUT2D eigenvalue weighted by molar-refractivity contribution is 8.01. The Bertz CT molecular complexity index is 1020. The Kier molecular flexibility index (Phi) is 8.29. The predicted octanol–water partition coefficient (Wildman–Crippen LogP) is 3.28. The molecule has 0 aliphatic rings. The fourth-order valence-electron chi connectivity index (χ4n) is 3.69. The van der Waals surface area contributed by atoms with Crippen molar-refractivity contribution >= 4 is 63.3 Å². The van der Waals surface area contributed by atoms with Crippen LogP contribution < -0.4 is 49.9 Å². The molecular formula is C25H19Cl3IOP. The maximum absolute atomic E-state index is 6.24. The maximum Gasteiger partial charge on any atom is 0.144 e. The van der Waals surface area contributed by atoms with E-state index in [-0.39, 0.29) is 24.0 Å². The standard InChI is InChI=1S/C25H19Cl3OP.HI/c1-29-21-8-16-25(17-9-21)30(22-10-2-18(26)3-11-22,23-12-4-19(27)5-13-23)24-14-6-20(28)7-15-24;/h2-17H,1H3;1H/q+1;/p-1. The van der Waals surface area contributed by atoms with Gasteiger partial charge in [-0.2, -0.15) is 0 Å². The molecule has 0 spiro atoms. The molecule has 4 aromatic rings. The van der Waals surface area contributed by atoms with Crippen molar-refractivity contribution in [1.82, 2.24) is 0 Å². The minimum absolute atomic E-state index is 0. The largest absolute Gasteiger partial charge is 1.00 e. The van der Waals surface area contributed by atoms with Crippen LogP contribution in [0.3, 0.4) is 0 Å². The van der Waals surface area contributed by atoms with E-state index in [2.05, 4.69) is 48.5 Å². The lowest BCUT2D eigenvalue weighted by Gasteiger charge is -2.28. The monoisotopic (exact) mass is 598 g/mol. The molecule has 31 heavy (non-hydrogen) atoms. The Morgan fingerprint density at radius 2 is 0.742 bits per heavy atom. The molecular weight excluding hydrogens is 581 g/mol. The second kappa shape index (κ2) is 10.6. The van der Waals surface area contributed by atoms with Crippen molar-refractivity contribution in [2.24, 2.45) is 0 Å². The molecule has 0 atom stereocenters. The zero-order valence-corrected chi connectivity index (χ0v) is 21.9. The van der Waals surface area contributed by atoms with Gasteiger partial charge in [0.2, 0.25) is 0 Å². The molecule has 0 radical (unpaired) electrons. The SMILES string of the molecule is COc1ccc([P+](c2ccc(Cl)cc2)(c2ccc(Cl)cc2)c2ccc(Cl)cc2)cc1.[I-]. The number of ether oxygens (including phenoxy) is 1. The third kappa shape index (κ3) is 4.89. The van der Waals surface area contributed by atoms with Crippen LogP contribution in [0.4, 0.5) is 0 Å². The topological polar surface area (TPSA) is 9.23 Å². The van der Waals surface area contributed by atoms with E-state index in [9.17, 15) is 0 Å². The fraction of sp³-hybridized carbons (Fsp3) is 0.0400. The van der Waals surface area contributed by atoms with Crippen molar-refractivity contribution in [2.75, 3.05) is 7.11 Å². The first-order valence-corrected chi connectivity index (χ1v) is 12.3. The Morgan fingerprint density at radius 1 is 0.484 bits per heavy atom. The summed E-state index contributed by atoms with van der Waals surface area (Å²) < 4.78 is 5.41. The average molecular weight is 600 g/mol. The van der Waals surface area contributed by atoms with Crippen LogP contribution in [0.2, 0.25) is 15.1 Å². The van der Waals surface area contributed by atoms with Crippen molar-refractivity contribution in [3.63, 3.8) is 0 Å². The summed E-state index contributed by atoms with van der Waals surface area (Å²) in [5.74, 6) is 0.820. The lowest BCUT2D eigenvalue weighted by atomic mass is 10.3. The smallest absolute Gasteiger partial charge is 0.144 e. The van der Waals surface area contributed by atoms with E-state index >= 15 is 0 Å². The van der Waals surface area contributed by atoms with Gasteiger partial charge in [-0.25, -0.2) is 0 Å². The molecule has 0 aromatic heterocycles. The van der Waals surface area contributed by atoms with Crippen molar-refractivity contribution in [3.8, 4) is 5.75 Å². The van der Waals surface area contributed by atoms with Gasteiger partial charge in [-0.15, -0.1) is 0 Å². The van der Waals surface area contributed by atoms with Crippen LogP contribution >= 0.6 is 42.1 Å². The van der Waals surface area contributed by atoms with Gasteiger partial charge in [-0.05, 0) is 97.1 Å². The summed E-state index contributed by atoms with van der Waals surface area (Å²) in [4.78, 5) is 0. The Labute approximate surface area is 215 Å². The molecule has 0 bridgehead atoms. The van der Waals surface area contributed by atoms with Crippen LogP contribution in [0.15, 0.2) is 97.1 Å². The first-order chi connectivity index (χ1) is 14.5. The van der Waals surface area contributed by atoms with Crippen LogP contribution in [0.5, 0.6) is 5.75 Å². The minimum Gasteiger partial charge on any atom is -1.00 e. The molecule has 0 unspecified atom stereocenters. The number of halogens is 4. The van der Waals surface area contributed by atoms with E-state index in [1.807, 2.05) is 48.5 Å². The average Bonchev–Trinajstić information content (AvgIpc) is 2.78. The van der Waals surface area contributed by atoms with E-state index in [1.165, 1.54) is 21.2 Å².